The second-order valence-corrected chi connectivity index (χ2v) is 8.05. The fourth-order valence-corrected chi connectivity index (χ4v) is 3.78. The molecule has 0 unspecified atom stereocenters. The van der Waals surface area contributed by atoms with E-state index >= 15 is 0 Å². The Balaban J connectivity index is 1.80. The van der Waals surface area contributed by atoms with Crippen LogP contribution >= 0.6 is 22.6 Å². The lowest BCUT2D eigenvalue weighted by molar-refractivity contribution is -0.138. The maximum absolute atomic E-state index is 13.6. The number of likely N-dealkylation sites (N-methyl/N-ethyl adjacent to an activating group) is 1. The second-order valence-electron chi connectivity index (χ2n) is 6.88. The van der Waals surface area contributed by atoms with Crippen LogP contribution in [0.2, 0.25) is 0 Å². The highest BCUT2D eigenvalue weighted by Gasteiger charge is 2.34. The summed E-state index contributed by atoms with van der Waals surface area (Å²) in [6.45, 7) is 3.39. The molecule has 1 saturated heterocycles. The molecule has 0 atom stereocenters. The zero-order valence-electron chi connectivity index (χ0n) is 15.4. The first kappa shape index (κ1) is 21.1. The zero-order valence-corrected chi connectivity index (χ0v) is 17.5. The van der Waals surface area contributed by atoms with Crippen LogP contribution < -0.4 is 5.32 Å². The van der Waals surface area contributed by atoms with E-state index in [9.17, 15) is 18.0 Å². The van der Waals surface area contributed by atoms with Gasteiger partial charge in [0.15, 0.2) is 0 Å². The van der Waals surface area contributed by atoms with Gasteiger partial charge >= 0.3 is 6.18 Å². The molecule has 0 saturated carbocycles. The Morgan fingerprint density at radius 1 is 1.11 bits per heavy atom. The molecular weight excluding hydrogens is 482 g/mol. The summed E-state index contributed by atoms with van der Waals surface area (Å²) in [4.78, 5) is 16.6. The minimum Gasteiger partial charge on any atom is -0.322 e. The van der Waals surface area contributed by atoms with Gasteiger partial charge in [-0.1, -0.05) is 18.2 Å². The van der Waals surface area contributed by atoms with Crippen molar-refractivity contribution >= 4 is 34.2 Å². The van der Waals surface area contributed by atoms with Crippen molar-refractivity contribution in [2.24, 2.45) is 0 Å². The van der Waals surface area contributed by atoms with Gasteiger partial charge in [0.1, 0.15) is 0 Å². The molecule has 0 radical (unpaired) electrons. The lowest BCUT2D eigenvalue weighted by Gasteiger charge is -2.33. The summed E-state index contributed by atoms with van der Waals surface area (Å²) in [7, 11) is 2.00. The first-order chi connectivity index (χ1) is 13.2. The smallest absolute Gasteiger partial charge is 0.322 e. The standard InChI is InChI=1S/C20H21F3IN3O/c1-26-8-10-27(11-9-26)13-14-6-7-15(12-17(14)20(21,22)23)25-19(28)16-4-2-3-5-18(16)24/h2-7,12H,8-11,13H2,1H3,(H,25,28). The molecular formula is C20H21F3IN3O. The third-order valence-electron chi connectivity index (χ3n) is 4.78. The number of amides is 1. The SMILES string of the molecule is CN1CCN(Cc2ccc(NC(=O)c3ccccc3I)cc2C(F)(F)F)CC1. The lowest BCUT2D eigenvalue weighted by Crippen LogP contribution is -2.44. The highest BCUT2D eigenvalue weighted by molar-refractivity contribution is 14.1. The first-order valence-corrected chi connectivity index (χ1v) is 9.99. The van der Waals surface area contributed by atoms with Crippen molar-refractivity contribution in [2.45, 2.75) is 12.7 Å². The number of nitrogens with zero attached hydrogens (tertiary/aromatic N) is 2. The minimum atomic E-state index is -4.48. The van der Waals surface area contributed by atoms with E-state index in [4.69, 9.17) is 0 Å². The molecule has 8 heteroatoms. The van der Waals surface area contributed by atoms with Gasteiger partial charge in [0.25, 0.3) is 5.91 Å². The number of piperazine rings is 1. The van der Waals surface area contributed by atoms with Crippen molar-refractivity contribution in [3.8, 4) is 0 Å². The van der Waals surface area contributed by atoms with Crippen LogP contribution in [0, 0.1) is 3.57 Å². The van der Waals surface area contributed by atoms with Gasteiger partial charge in [-0.2, -0.15) is 13.2 Å². The monoisotopic (exact) mass is 503 g/mol. The Morgan fingerprint density at radius 3 is 2.43 bits per heavy atom. The van der Waals surface area contributed by atoms with Crippen LogP contribution in [0.5, 0.6) is 0 Å². The van der Waals surface area contributed by atoms with Crippen molar-refractivity contribution in [2.75, 3.05) is 38.5 Å². The Morgan fingerprint density at radius 2 is 1.79 bits per heavy atom. The number of carbonyl (C=O) groups excluding carboxylic acids is 1. The maximum Gasteiger partial charge on any atom is 0.416 e. The number of halogens is 4. The molecule has 2 aromatic rings. The van der Waals surface area contributed by atoms with Crippen LogP contribution in [0.15, 0.2) is 42.5 Å². The number of hydrogen-bond donors (Lipinski definition) is 1. The highest BCUT2D eigenvalue weighted by atomic mass is 127. The average Bonchev–Trinajstić information content (AvgIpc) is 2.64. The zero-order chi connectivity index (χ0) is 20.3. The molecule has 1 heterocycles. The van der Waals surface area contributed by atoms with E-state index in [2.05, 4.69) is 10.2 Å². The number of alkyl halides is 3. The molecule has 0 bridgehead atoms. The van der Waals surface area contributed by atoms with E-state index in [-0.39, 0.29) is 17.8 Å². The Kier molecular flexibility index (Phi) is 6.61. The largest absolute Gasteiger partial charge is 0.416 e. The van der Waals surface area contributed by atoms with E-state index in [1.54, 1.807) is 24.3 Å². The van der Waals surface area contributed by atoms with Gasteiger partial charge in [-0.15, -0.1) is 0 Å². The first-order valence-electron chi connectivity index (χ1n) is 8.91. The molecule has 28 heavy (non-hydrogen) atoms. The topological polar surface area (TPSA) is 35.6 Å². The molecule has 3 rings (SSSR count). The summed E-state index contributed by atoms with van der Waals surface area (Å²) in [6.07, 6.45) is -4.48. The van der Waals surface area contributed by atoms with Gasteiger partial charge in [-0.25, -0.2) is 0 Å². The van der Waals surface area contributed by atoms with Crippen molar-refractivity contribution in [1.29, 1.82) is 0 Å². The highest BCUT2D eigenvalue weighted by Crippen LogP contribution is 2.34. The summed E-state index contributed by atoms with van der Waals surface area (Å²) in [5, 5.41) is 2.58. The predicted octanol–water partition coefficient (Wildman–Crippen LogP) is 4.31. The number of benzene rings is 2. The molecule has 1 amide bonds. The van der Waals surface area contributed by atoms with Crippen LogP contribution in [0.25, 0.3) is 0 Å². The molecule has 1 fully saturated rings. The van der Waals surface area contributed by atoms with Crippen molar-refractivity contribution in [1.82, 2.24) is 9.80 Å². The molecule has 150 valence electrons. The van der Waals surface area contributed by atoms with E-state index in [1.807, 2.05) is 34.5 Å². The fourth-order valence-electron chi connectivity index (χ4n) is 3.15. The van der Waals surface area contributed by atoms with Gasteiger partial charge in [-0.05, 0) is 59.5 Å². The summed E-state index contributed by atoms with van der Waals surface area (Å²) < 4.78 is 41.6. The second kappa shape index (κ2) is 8.79. The van der Waals surface area contributed by atoms with Gasteiger partial charge < -0.3 is 10.2 Å². The Bertz CT molecular complexity index is 849. The van der Waals surface area contributed by atoms with Crippen molar-refractivity contribution < 1.29 is 18.0 Å². The third kappa shape index (κ3) is 5.24. The van der Waals surface area contributed by atoms with E-state index in [1.165, 1.54) is 12.1 Å². The minimum absolute atomic E-state index is 0.138. The molecule has 0 aliphatic carbocycles. The molecule has 0 spiro atoms. The number of rotatable bonds is 4. The quantitative estimate of drug-likeness (QED) is 0.632. The number of anilines is 1. The molecule has 1 N–H and O–H groups in total. The normalized spacial score (nSPS) is 16.2. The van der Waals surface area contributed by atoms with Gasteiger partial charge in [-0.3, -0.25) is 9.69 Å². The number of hydrogen-bond acceptors (Lipinski definition) is 3. The van der Waals surface area contributed by atoms with Crippen molar-refractivity contribution in [3.05, 3.63) is 62.7 Å². The summed E-state index contributed by atoms with van der Waals surface area (Å²) in [5.74, 6) is -0.426. The van der Waals surface area contributed by atoms with Crippen LogP contribution in [-0.4, -0.2) is 48.9 Å². The molecule has 4 nitrogen and oxygen atoms in total. The van der Waals surface area contributed by atoms with E-state index in [0.717, 1.165) is 35.8 Å². The molecule has 0 aromatic heterocycles. The van der Waals surface area contributed by atoms with E-state index in [0.29, 0.717) is 5.56 Å². The summed E-state index contributed by atoms with van der Waals surface area (Å²) in [6, 6.07) is 11.0. The van der Waals surface area contributed by atoms with Crippen molar-refractivity contribution in [3.63, 3.8) is 0 Å². The lowest BCUT2D eigenvalue weighted by atomic mass is 10.0. The molecule has 1 aliphatic heterocycles. The van der Waals surface area contributed by atoms with Crippen LogP contribution in [-0.2, 0) is 12.7 Å². The van der Waals surface area contributed by atoms with Crippen LogP contribution in [0.1, 0.15) is 21.5 Å². The summed E-state index contributed by atoms with van der Waals surface area (Å²) in [5.41, 5.74) is 0.0913. The summed E-state index contributed by atoms with van der Waals surface area (Å²) >= 11 is 2.03. The average molecular weight is 503 g/mol. The number of nitrogens with one attached hydrogen (secondary N) is 1. The van der Waals surface area contributed by atoms with Gasteiger partial charge in [0, 0.05) is 42.0 Å². The van der Waals surface area contributed by atoms with Gasteiger partial charge in [0.2, 0.25) is 0 Å². The number of carbonyl (C=O) groups is 1. The predicted molar refractivity (Wildman–Crippen MR) is 111 cm³/mol. The molecule has 1 aliphatic rings. The maximum atomic E-state index is 13.6. The molecule has 2 aromatic carbocycles. The third-order valence-corrected chi connectivity index (χ3v) is 5.72. The van der Waals surface area contributed by atoms with Crippen LogP contribution in [0.4, 0.5) is 18.9 Å². The van der Waals surface area contributed by atoms with Crippen LogP contribution in [0.3, 0.4) is 0 Å². The Labute approximate surface area is 175 Å². The fraction of sp³-hybridized carbons (Fsp3) is 0.350. The van der Waals surface area contributed by atoms with E-state index < -0.39 is 17.6 Å². The van der Waals surface area contributed by atoms with Gasteiger partial charge in [0.05, 0.1) is 11.1 Å². The Hall–Kier alpha value is -1.65.